The largest absolute Gasteiger partial charge is 0.322 e. The van der Waals surface area contributed by atoms with Gasteiger partial charge >= 0.3 is 0 Å². The van der Waals surface area contributed by atoms with Gasteiger partial charge in [-0.2, -0.15) is 0 Å². The molecule has 28 heavy (non-hydrogen) atoms. The van der Waals surface area contributed by atoms with Crippen LogP contribution >= 0.6 is 0 Å². The molecule has 2 aromatic carbocycles. The zero-order chi connectivity index (χ0) is 19.8. The number of rotatable bonds is 4. The minimum Gasteiger partial charge on any atom is -0.322 e. The Morgan fingerprint density at radius 2 is 1.96 bits per heavy atom. The molecule has 6 nitrogen and oxygen atoms in total. The van der Waals surface area contributed by atoms with E-state index >= 15 is 0 Å². The quantitative estimate of drug-likeness (QED) is 0.887. The second-order valence-corrected chi connectivity index (χ2v) is 7.34. The first-order valence-electron chi connectivity index (χ1n) is 9.65. The molecule has 0 bridgehead atoms. The fourth-order valence-corrected chi connectivity index (χ4v) is 3.98. The van der Waals surface area contributed by atoms with Crippen LogP contribution in [0.25, 0.3) is 0 Å². The van der Waals surface area contributed by atoms with E-state index in [1.807, 2.05) is 38.1 Å². The van der Waals surface area contributed by atoms with Crippen LogP contribution in [0.15, 0.2) is 42.5 Å². The molecule has 2 heterocycles. The average molecular weight is 377 g/mol. The van der Waals surface area contributed by atoms with E-state index < -0.39 is 6.04 Å². The van der Waals surface area contributed by atoms with Gasteiger partial charge in [0.15, 0.2) is 0 Å². The first-order valence-corrected chi connectivity index (χ1v) is 9.65. The maximum atomic E-state index is 12.9. The van der Waals surface area contributed by atoms with Gasteiger partial charge < -0.3 is 10.2 Å². The molecule has 2 aliphatic heterocycles. The van der Waals surface area contributed by atoms with Crippen molar-refractivity contribution >= 4 is 34.8 Å². The number of aryl methyl sites for hydroxylation is 1. The summed E-state index contributed by atoms with van der Waals surface area (Å²) in [4.78, 5) is 41.4. The monoisotopic (exact) mass is 377 g/mol. The van der Waals surface area contributed by atoms with Crippen molar-refractivity contribution in [1.29, 1.82) is 0 Å². The fraction of sp³-hybridized carbons (Fsp3) is 0.318. The molecular formula is C22H23N3O3. The van der Waals surface area contributed by atoms with E-state index in [0.29, 0.717) is 36.3 Å². The van der Waals surface area contributed by atoms with E-state index in [9.17, 15) is 14.4 Å². The molecule has 0 unspecified atom stereocenters. The number of benzene rings is 2. The molecule has 144 valence electrons. The SMILES string of the molecule is CCCN1C(=O)[C@@H]2CCC(=O)N2c2ccc(C(=O)Nc3cccc(C)c3)cc21. The van der Waals surface area contributed by atoms with Crippen LogP contribution in [0.4, 0.5) is 17.1 Å². The second kappa shape index (κ2) is 7.11. The van der Waals surface area contributed by atoms with Crippen LogP contribution in [0.1, 0.15) is 42.1 Å². The highest BCUT2D eigenvalue weighted by atomic mass is 16.2. The van der Waals surface area contributed by atoms with Gasteiger partial charge in [-0.25, -0.2) is 0 Å². The van der Waals surface area contributed by atoms with Gasteiger partial charge in [-0.3, -0.25) is 19.3 Å². The Morgan fingerprint density at radius 1 is 1.14 bits per heavy atom. The molecular weight excluding hydrogens is 354 g/mol. The van der Waals surface area contributed by atoms with Gasteiger partial charge in [-0.1, -0.05) is 19.1 Å². The molecule has 2 aromatic rings. The Labute approximate surface area is 164 Å². The minimum absolute atomic E-state index is 0.0345. The zero-order valence-corrected chi connectivity index (χ0v) is 16.1. The Hall–Kier alpha value is -3.15. The first kappa shape index (κ1) is 18.2. The molecule has 0 aromatic heterocycles. The molecule has 0 saturated carbocycles. The standard InChI is InChI=1S/C22H23N3O3/c1-3-11-24-19-13-15(21(27)23-16-6-4-5-14(2)12-16)7-8-17(19)25-18(22(24)28)9-10-20(25)26/h4-8,12-13,18H,3,9-11H2,1-2H3,(H,23,27)/t18-/m0/s1. The smallest absolute Gasteiger partial charge is 0.255 e. The number of fused-ring (bicyclic) bond motifs is 3. The summed E-state index contributed by atoms with van der Waals surface area (Å²) < 4.78 is 0. The lowest BCUT2D eigenvalue weighted by Crippen LogP contribution is -2.52. The van der Waals surface area contributed by atoms with Crippen LogP contribution in [-0.4, -0.2) is 30.3 Å². The predicted molar refractivity (Wildman–Crippen MR) is 109 cm³/mol. The molecule has 6 heteroatoms. The van der Waals surface area contributed by atoms with Gasteiger partial charge in [0.05, 0.1) is 11.4 Å². The van der Waals surface area contributed by atoms with Crippen LogP contribution < -0.4 is 15.1 Å². The second-order valence-electron chi connectivity index (χ2n) is 7.34. The lowest BCUT2D eigenvalue weighted by atomic mass is 10.0. The molecule has 1 N–H and O–H groups in total. The summed E-state index contributed by atoms with van der Waals surface area (Å²) in [6.45, 7) is 4.53. The number of nitrogens with one attached hydrogen (secondary N) is 1. The van der Waals surface area contributed by atoms with Crippen molar-refractivity contribution in [3.05, 3.63) is 53.6 Å². The van der Waals surface area contributed by atoms with E-state index in [4.69, 9.17) is 0 Å². The van der Waals surface area contributed by atoms with Crippen molar-refractivity contribution in [3.8, 4) is 0 Å². The lowest BCUT2D eigenvalue weighted by Gasteiger charge is -2.38. The molecule has 3 amide bonds. The Morgan fingerprint density at radius 3 is 2.71 bits per heavy atom. The van der Waals surface area contributed by atoms with E-state index in [1.54, 1.807) is 28.0 Å². The third kappa shape index (κ3) is 3.05. The summed E-state index contributed by atoms with van der Waals surface area (Å²) in [5.41, 5.74) is 3.59. The maximum Gasteiger partial charge on any atom is 0.255 e. The van der Waals surface area contributed by atoms with Crippen molar-refractivity contribution in [3.63, 3.8) is 0 Å². The van der Waals surface area contributed by atoms with Crippen LogP contribution in [-0.2, 0) is 9.59 Å². The topological polar surface area (TPSA) is 69.7 Å². The third-order valence-corrected chi connectivity index (χ3v) is 5.27. The molecule has 4 rings (SSSR count). The van der Waals surface area contributed by atoms with Crippen LogP contribution in [0.2, 0.25) is 0 Å². The maximum absolute atomic E-state index is 12.9. The van der Waals surface area contributed by atoms with Crippen molar-refractivity contribution < 1.29 is 14.4 Å². The number of nitrogens with zero attached hydrogens (tertiary/aromatic N) is 2. The third-order valence-electron chi connectivity index (χ3n) is 5.27. The summed E-state index contributed by atoms with van der Waals surface area (Å²) in [6.07, 6.45) is 1.73. The minimum atomic E-state index is -0.418. The van der Waals surface area contributed by atoms with Crippen molar-refractivity contribution in [2.75, 3.05) is 21.7 Å². The van der Waals surface area contributed by atoms with Gasteiger partial charge in [0.2, 0.25) is 11.8 Å². The number of carbonyl (C=O) groups excluding carboxylic acids is 3. The van der Waals surface area contributed by atoms with Crippen LogP contribution in [0, 0.1) is 6.92 Å². The molecule has 2 aliphatic rings. The molecule has 1 atom stereocenters. The fourth-order valence-electron chi connectivity index (χ4n) is 3.98. The highest BCUT2D eigenvalue weighted by molar-refractivity contribution is 6.16. The molecule has 1 fully saturated rings. The van der Waals surface area contributed by atoms with Gasteiger partial charge in [0, 0.05) is 24.2 Å². The Kier molecular flexibility index (Phi) is 4.63. The Bertz CT molecular complexity index is 969. The van der Waals surface area contributed by atoms with E-state index in [1.165, 1.54) is 0 Å². The predicted octanol–water partition coefficient (Wildman–Crippen LogP) is 3.50. The number of hydrogen-bond acceptors (Lipinski definition) is 3. The van der Waals surface area contributed by atoms with Crippen LogP contribution in [0.3, 0.4) is 0 Å². The number of amides is 3. The van der Waals surface area contributed by atoms with E-state index in [2.05, 4.69) is 5.32 Å². The molecule has 1 saturated heterocycles. The number of anilines is 3. The van der Waals surface area contributed by atoms with Crippen molar-refractivity contribution in [1.82, 2.24) is 0 Å². The van der Waals surface area contributed by atoms with Crippen molar-refractivity contribution in [2.45, 2.75) is 39.2 Å². The van der Waals surface area contributed by atoms with Gasteiger partial charge in [-0.05, 0) is 55.7 Å². The highest BCUT2D eigenvalue weighted by Gasteiger charge is 2.44. The molecule has 0 aliphatic carbocycles. The zero-order valence-electron chi connectivity index (χ0n) is 16.1. The lowest BCUT2D eigenvalue weighted by molar-refractivity contribution is -0.122. The summed E-state index contributed by atoms with van der Waals surface area (Å²) in [5.74, 6) is -0.337. The first-order chi connectivity index (χ1) is 13.5. The summed E-state index contributed by atoms with van der Waals surface area (Å²) in [6, 6.07) is 12.4. The average Bonchev–Trinajstić information content (AvgIpc) is 3.06. The van der Waals surface area contributed by atoms with Crippen LogP contribution in [0.5, 0.6) is 0 Å². The highest BCUT2D eigenvalue weighted by Crippen LogP contribution is 2.41. The molecule has 0 spiro atoms. The normalized spacial score (nSPS) is 18.1. The van der Waals surface area contributed by atoms with E-state index in [0.717, 1.165) is 17.7 Å². The van der Waals surface area contributed by atoms with Gasteiger partial charge in [-0.15, -0.1) is 0 Å². The summed E-state index contributed by atoms with van der Waals surface area (Å²) in [5, 5.41) is 2.90. The summed E-state index contributed by atoms with van der Waals surface area (Å²) >= 11 is 0. The van der Waals surface area contributed by atoms with Crippen molar-refractivity contribution in [2.24, 2.45) is 0 Å². The van der Waals surface area contributed by atoms with Gasteiger partial charge in [0.25, 0.3) is 5.91 Å². The van der Waals surface area contributed by atoms with E-state index in [-0.39, 0.29) is 17.7 Å². The Balaban J connectivity index is 1.70. The summed E-state index contributed by atoms with van der Waals surface area (Å²) in [7, 11) is 0. The molecule has 0 radical (unpaired) electrons. The number of carbonyl (C=O) groups is 3. The van der Waals surface area contributed by atoms with Gasteiger partial charge in [0.1, 0.15) is 6.04 Å². The number of hydrogen-bond donors (Lipinski definition) is 1.